The lowest BCUT2D eigenvalue weighted by molar-refractivity contribution is 0.251. The number of aliphatic hydroxyl groups excluding tert-OH is 1. The molecule has 17 heavy (non-hydrogen) atoms. The van der Waals surface area contributed by atoms with Gasteiger partial charge in [0, 0.05) is 28.3 Å². The minimum Gasteiger partial charge on any atom is -0.396 e. The van der Waals surface area contributed by atoms with Gasteiger partial charge in [0.05, 0.1) is 5.38 Å². The summed E-state index contributed by atoms with van der Waals surface area (Å²) in [5.74, 6) is 0.915. The predicted molar refractivity (Wildman–Crippen MR) is 72.6 cm³/mol. The smallest absolute Gasteiger partial charge is 0.396 e. The van der Waals surface area contributed by atoms with Gasteiger partial charge in [-0.2, -0.15) is 0 Å². The van der Waals surface area contributed by atoms with Crippen LogP contribution in [0.15, 0.2) is 0 Å². The van der Waals surface area contributed by atoms with Gasteiger partial charge in [-0.3, -0.25) is 0 Å². The van der Waals surface area contributed by atoms with Crippen molar-refractivity contribution < 1.29 is 19.5 Å². The van der Waals surface area contributed by atoms with Crippen LogP contribution in [-0.4, -0.2) is 44.0 Å². The average Bonchev–Trinajstić information content (AvgIpc) is 2.26. The van der Waals surface area contributed by atoms with Crippen molar-refractivity contribution in [1.29, 1.82) is 0 Å². The second kappa shape index (κ2) is 13.6. The zero-order valence-corrected chi connectivity index (χ0v) is 12.9. The van der Waals surface area contributed by atoms with E-state index in [0.29, 0.717) is 24.6 Å². The number of hydrogen-bond acceptors (Lipinski definition) is 2. The molecule has 0 aromatic heterocycles. The molecule has 0 aliphatic rings. The molecule has 0 saturated carbocycles. The Balaban J connectivity index is 0. The van der Waals surface area contributed by atoms with E-state index in [4.69, 9.17) is 65.9 Å². The first-order chi connectivity index (χ1) is 7.88. The van der Waals surface area contributed by atoms with Crippen molar-refractivity contribution in [2.24, 2.45) is 5.92 Å². The summed E-state index contributed by atoms with van der Waals surface area (Å²) in [7, 11) is -2.87. The first-order valence-electron chi connectivity index (χ1n) is 4.74. The van der Waals surface area contributed by atoms with Crippen LogP contribution in [0.3, 0.4) is 0 Å². The van der Waals surface area contributed by atoms with Crippen molar-refractivity contribution in [3.8, 4) is 0 Å². The zero-order chi connectivity index (χ0) is 13.8. The van der Waals surface area contributed by atoms with Gasteiger partial charge in [0.2, 0.25) is 0 Å². The molecule has 0 aliphatic carbocycles. The third kappa shape index (κ3) is 15.1. The van der Waals surface area contributed by atoms with E-state index < -0.39 is 8.25 Å². The monoisotopic (exact) mass is 347 g/mol. The average molecular weight is 349 g/mol. The summed E-state index contributed by atoms with van der Waals surface area (Å²) in [5.41, 5.74) is 0. The maximum atomic E-state index is 8.79. The summed E-state index contributed by atoms with van der Waals surface area (Å²) in [5, 5.41) is 8.55. The van der Waals surface area contributed by atoms with E-state index in [1.807, 2.05) is 0 Å². The van der Waals surface area contributed by atoms with E-state index in [1.54, 1.807) is 0 Å². The van der Waals surface area contributed by atoms with Gasteiger partial charge in [-0.1, -0.05) is 0 Å². The van der Waals surface area contributed by atoms with Crippen molar-refractivity contribution in [2.75, 3.05) is 18.4 Å². The summed E-state index contributed by atoms with van der Waals surface area (Å²) >= 11 is 23.0. The quantitative estimate of drug-likeness (QED) is 0.488. The number of aliphatic hydroxyl groups is 1. The van der Waals surface area contributed by atoms with Crippen LogP contribution >= 0.6 is 54.7 Å². The van der Waals surface area contributed by atoms with Crippen LogP contribution in [0.2, 0.25) is 0 Å². The van der Waals surface area contributed by atoms with Crippen LogP contribution in [0.1, 0.15) is 12.8 Å². The molecule has 0 amide bonds. The van der Waals surface area contributed by atoms with Gasteiger partial charge in [0.1, 0.15) is 0 Å². The molecule has 9 heteroatoms. The van der Waals surface area contributed by atoms with Crippen LogP contribution in [0.5, 0.6) is 0 Å². The molecule has 0 heterocycles. The van der Waals surface area contributed by atoms with Gasteiger partial charge >= 0.3 is 8.25 Å². The number of rotatable bonds is 7. The Morgan fingerprint density at radius 1 is 1.12 bits per heavy atom. The van der Waals surface area contributed by atoms with Gasteiger partial charge in [-0.25, -0.2) is 0 Å². The highest BCUT2D eigenvalue weighted by molar-refractivity contribution is 7.30. The second-order valence-electron chi connectivity index (χ2n) is 3.18. The Morgan fingerprint density at radius 3 is 1.88 bits per heavy atom. The number of halogens is 4. The topological polar surface area (TPSA) is 77.8 Å². The highest BCUT2D eigenvalue weighted by Gasteiger charge is 2.21. The van der Waals surface area contributed by atoms with Crippen LogP contribution in [-0.2, 0) is 4.57 Å². The fourth-order valence-corrected chi connectivity index (χ4v) is 1.97. The summed E-state index contributed by atoms with van der Waals surface area (Å²) in [6, 6.07) is 0. The summed E-state index contributed by atoms with van der Waals surface area (Å²) < 4.78 is 8.70. The molecular weight excluding hydrogens is 333 g/mol. The molecule has 0 saturated heterocycles. The first kappa shape index (κ1) is 20.5. The molecule has 0 spiro atoms. The minimum absolute atomic E-state index is 0.0947. The van der Waals surface area contributed by atoms with Gasteiger partial charge in [0.25, 0.3) is 0 Å². The van der Waals surface area contributed by atoms with E-state index in [0.717, 1.165) is 0 Å². The summed E-state index contributed by atoms with van der Waals surface area (Å²) in [6.45, 7) is 0.108. The summed E-state index contributed by atoms with van der Waals surface area (Å²) in [6.07, 6.45) is 1.33. The van der Waals surface area contributed by atoms with Crippen LogP contribution in [0.25, 0.3) is 0 Å². The Hall–Kier alpha value is 1.14. The van der Waals surface area contributed by atoms with Gasteiger partial charge < -0.3 is 5.11 Å². The van der Waals surface area contributed by atoms with E-state index in [2.05, 4.69) is 0 Å². The highest BCUT2D eigenvalue weighted by Crippen LogP contribution is 2.24. The maximum absolute atomic E-state index is 8.79. The first-order valence-corrected chi connectivity index (χ1v) is 7.85. The van der Waals surface area contributed by atoms with Crippen LogP contribution in [0, 0.1) is 5.92 Å². The van der Waals surface area contributed by atoms with Crippen molar-refractivity contribution in [3.63, 3.8) is 0 Å². The Morgan fingerprint density at radius 2 is 1.59 bits per heavy atom. The van der Waals surface area contributed by atoms with Crippen molar-refractivity contribution in [3.05, 3.63) is 0 Å². The SMILES string of the molecule is O=[P+](O)O.OCCC(CC(Cl)CCl)C(Cl)CCl. The number of hydrogen-bond donors (Lipinski definition) is 3. The molecule has 0 rings (SSSR count). The molecule has 4 nitrogen and oxygen atoms in total. The Labute approximate surface area is 122 Å². The molecule has 0 fully saturated rings. The third-order valence-corrected chi connectivity index (χ3v) is 3.75. The largest absolute Gasteiger partial charge is 0.692 e. The Bertz CT molecular complexity index is 194. The second-order valence-corrected chi connectivity index (χ2v) is 5.48. The lowest BCUT2D eigenvalue weighted by Gasteiger charge is -2.21. The maximum Gasteiger partial charge on any atom is 0.692 e. The van der Waals surface area contributed by atoms with Gasteiger partial charge in [0.15, 0.2) is 0 Å². The number of alkyl halides is 4. The fraction of sp³-hybridized carbons (Fsp3) is 1.00. The van der Waals surface area contributed by atoms with E-state index in [1.165, 1.54) is 0 Å². The van der Waals surface area contributed by atoms with Gasteiger partial charge in [-0.15, -0.1) is 56.2 Å². The molecule has 0 aromatic rings. The molecule has 104 valence electrons. The normalized spacial score (nSPS) is 15.5. The lowest BCUT2D eigenvalue weighted by Crippen LogP contribution is -2.22. The van der Waals surface area contributed by atoms with Crippen LogP contribution in [0.4, 0.5) is 0 Å². The van der Waals surface area contributed by atoms with E-state index in [9.17, 15) is 0 Å². The molecule has 3 unspecified atom stereocenters. The van der Waals surface area contributed by atoms with Crippen LogP contribution < -0.4 is 0 Å². The van der Waals surface area contributed by atoms with Crippen molar-refractivity contribution in [2.45, 2.75) is 23.6 Å². The predicted octanol–water partition coefficient (Wildman–Crippen LogP) is 2.70. The molecule has 0 bridgehead atoms. The minimum atomic E-state index is -2.87. The van der Waals surface area contributed by atoms with E-state index in [-0.39, 0.29) is 23.3 Å². The lowest BCUT2D eigenvalue weighted by atomic mass is 9.97. The summed E-state index contributed by atoms with van der Waals surface area (Å²) in [4.78, 5) is 14.2. The van der Waals surface area contributed by atoms with Gasteiger partial charge in [-0.05, 0) is 18.8 Å². The molecule has 3 N–H and O–H groups in total. The zero-order valence-electron chi connectivity index (χ0n) is 8.98. The molecule has 0 aliphatic heterocycles. The Kier molecular flexibility index (Phi) is 16.3. The molecule has 3 atom stereocenters. The van der Waals surface area contributed by atoms with E-state index >= 15 is 0 Å². The highest BCUT2D eigenvalue weighted by atomic mass is 35.5. The molecule has 0 radical (unpaired) electrons. The third-order valence-electron chi connectivity index (χ3n) is 1.88. The van der Waals surface area contributed by atoms with Crippen molar-refractivity contribution in [1.82, 2.24) is 0 Å². The molecule has 0 aromatic carbocycles. The standard InChI is InChI=1S/C8H14Cl4O.HO3P/c9-4-7(11)3-6(1-2-13)8(12)5-10;1-4(2)3/h6-8,13H,1-5H2;(H-,1,2,3)/p+1. The molecular formula is C8H16Cl4O4P+. The van der Waals surface area contributed by atoms with Crippen molar-refractivity contribution >= 4 is 54.7 Å². The fourth-order valence-electron chi connectivity index (χ4n) is 1.13.